The monoisotopic (exact) mass is 374 g/mol. The van der Waals surface area contributed by atoms with Gasteiger partial charge in [-0.05, 0) is 54.2 Å². The van der Waals surface area contributed by atoms with Crippen LogP contribution in [0.5, 0.6) is 11.6 Å². The highest BCUT2D eigenvalue weighted by molar-refractivity contribution is 7.71. The Kier molecular flexibility index (Phi) is 4.77. The summed E-state index contributed by atoms with van der Waals surface area (Å²) >= 11 is 5.56. The Labute approximate surface area is 162 Å². The Hall–Kier alpha value is -3.31. The third kappa shape index (κ3) is 3.64. The number of benzene rings is 3. The molecule has 1 N–H and O–H groups in total. The van der Waals surface area contributed by atoms with Crippen molar-refractivity contribution in [1.29, 1.82) is 0 Å². The van der Waals surface area contributed by atoms with E-state index < -0.39 is 0 Å². The fourth-order valence-electron chi connectivity index (χ4n) is 2.88. The molecule has 1 heterocycles. The van der Waals surface area contributed by atoms with E-state index in [-0.39, 0.29) is 5.88 Å². The molecule has 0 fully saturated rings. The van der Waals surface area contributed by atoms with Gasteiger partial charge in [-0.3, -0.25) is 9.13 Å². The zero-order chi connectivity index (χ0) is 18.6. The van der Waals surface area contributed by atoms with Gasteiger partial charge in [0, 0.05) is 5.69 Å². The molecule has 3 aromatic carbocycles. The van der Waals surface area contributed by atoms with Crippen molar-refractivity contribution in [3.63, 3.8) is 0 Å². The van der Waals surface area contributed by atoms with Gasteiger partial charge in [-0.1, -0.05) is 48.5 Å². The molecule has 1 aromatic heterocycles. The normalized spacial score (nSPS) is 10.7. The van der Waals surface area contributed by atoms with Gasteiger partial charge < -0.3 is 9.84 Å². The molecule has 0 aliphatic heterocycles. The fraction of sp³-hybridized carbons (Fsp3) is 0.0455. The highest BCUT2D eigenvalue weighted by Gasteiger charge is 2.10. The molecular weight excluding hydrogens is 356 g/mol. The zero-order valence-electron chi connectivity index (χ0n) is 14.5. The van der Waals surface area contributed by atoms with E-state index >= 15 is 0 Å². The lowest BCUT2D eigenvalue weighted by atomic mass is 10.2. The second-order valence-corrected chi connectivity index (χ2v) is 6.44. The van der Waals surface area contributed by atoms with E-state index in [1.54, 1.807) is 15.3 Å². The van der Waals surface area contributed by atoms with Gasteiger partial charge >= 0.3 is 0 Å². The maximum Gasteiger partial charge on any atom is 0.215 e. The van der Waals surface area contributed by atoms with Gasteiger partial charge in [0.2, 0.25) is 5.88 Å². The minimum Gasteiger partial charge on any atom is -0.493 e. The van der Waals surface area contributed by atoms with Crippen LogP contribution in [-0.4, -0.2) is 14.2 Å². The Morgan fingerprint density at radius 3 is 2.07 bits per heavy atom. The first-order chi connectivity index (χ1) is 13.2. The SMILES string of the molecule is Oc1cn(-c2ccc(OCc3ccccc3)cc2)c(=S)n1-c1ccccc1. The summed E-state index contributed by atoms with van der Waals surface area (Å²) in [6, 6.07) is 27.2. The van der Waals surface area contributed by atoms with Crippen LogP contribution in [0.2, 0.25) is 0 Å². The number of nitrogens with zero attached hydrogens (tertiary/aromatic N) is 2. The predicted molar refractivity (Wildman–Crippen MR) is 108 cm³/mol. The number of aromatic hydroxyl groups is 1. The zero-order valence-corrected chi connectivity index (χ0v) is 15.3. The van der Waals surface area contributed by atoms with E-state index in [4.69, 9.17) is 17.0 Å². The highest BCUT2D eigenvalue weighted by atomic mass is 32.1. The van der Waals surface area contributed by atoms with E-state index in [9.17, 15) is 5.11 Å². The number of aromatic nitrogens is 2. The predicted octanol–water partition coefficient (Wildman–Crippen LogP) is 5.28. The molecule has 0 spiro atoms. The van der Waals surface area contributed by atoms with E-state index in [1.165, 1.54) is 0 Å². The summed E-state index contributed by atoms with van der Waals surface area (Å²) < 4.78 is 9.73. The third-order valence-electron chi connectivity index (χ3n) is 4.25. The summed E-state index contributed by atoms with van der Waals surface area (Å²) in [5.74, 6) is 0.872. The van der Waals surface area contributed by atoms with Gasteiger partial charge in [-0.2, -0.15) is 0 Å². The van der Waals surface area contributed by atoms with Crippen LogP contribution in [0.15, 0.2) is 91.1 Å². The van der Waals surface area contributed by atoms with Crippen LogP contribution in [0.25, 0.3) is 11.4 Å². The lowest BCUT2D eigenvalue weighted by molar-refractivity contribution is 0.306. The molecule has 0 unspecified atom stereocenters. The smallest absolute Gasteiger partial charge is 0.215 e. The number of ether oxygens (including phenoxy) is 1. The van der Waals surface area contributed by atoms with Gasteiger partial charge in [0.1, 0.15) is 12.4 Å². The molecule has 4 aromatic rings. The third-order valence-corrected chi connectivity index (χ3v) is 4.63. The quantitative estimate of drug-likeness (QED) is 0.483. The molecule has 4 rings (SSSR count). The molecule has 0 saturated carbocycles. The number of para-hydroxylation sites is 1. The molecule has 0 amide bonds. The molecule has 0 saturated heterocycles. The summed E-state index contributed by atoms with van der Waals surface area (Å²) in [5.41, 5.74) is 2.80. The van der Waals surface area contributed by atoms with Crippen LogP contribution in [0, 0.1) is 4.77 Å². The number of rotatable bonds is 5. The molecule has 134 valence electrons. The average molecular weight is 374 g/mol. The molecule has 0 aliphatic carbocycles. The standard InChI is InChI=1S/C22H18N2O2S/c25-21-15-23(22(27)24(21)19-9-5-2-6-10-19)18-11-13-20(14-12-18)26-16-17-7-3-1-4-8-17/h1-15,25H,16H2. The summed E-state index contributed by atoms with van der Waals surface area (Å²) in [7, 11) is 0. The van der Waals surface area contributed by atoms with Gasteiger partial charge in [0.25, 0.3) is 0 Å². The van der Waals surface area contributed by atoms with Crippen molar-refractivity contribution in [2.45, 2.75) is 6.61 Å². The highest BCUT2D eigenvalue weighted by Crippen LogP contribution is 2.24. The number of hydrogen-bond acceptors (Lipinski definition) is 3. The Bertz CT molecular complexity index is 1080. The summed E-state index contributed by atoms with van der Waals surface area (Å²) in [4.78, 5) is 0. The number of imidazole rings is 1. The first-order valence-electron chi connectivity index (χ1n) is 8.58. The van der Waals surface area contributed by atoms with Crippen molar-refractivity contribution in [1.82, 2.24) is 9.13 Å². The van der Waals surface area contributed by atoms with Crippen LogP contribution in [0.3, 0.4) is 0 Å². The van der Waals surface area contributed by atoms with Crippen LogP contribution in [0.1, 0.15) is 5.56 Å². The van der Waals surface area contributed by atoms with Gasteiger partial charge in [0.05, 0.1) is 11.9 Å². The van der Waals surface area contributed by atoms with E-state index in [2.05, 4.69) is 0 Å². The molecule has 0 atom stereocenters. The van der Waals surface area contributed by atoms with E-state index in [0.717, 1.165) is 22.7 Å². The van der Waals surface area contributed by atoms with Crippen LogP contribution < -0.4 is 4.74 Å². The second kappa shape index (κ2) is 7.51. The summed E-state index contributed by atoms with van der Waals surface area (Å²) in [6.45, 7) is 0.519. The summed E-state index contributed by atoms with van der Waals surface area (Å²) in [6.07, 6.45) is 1.62. The molecule has 0 bridgehead atoms. The second-order valence-electron chi connectivity index (χ2n) is 6.08. The van der Waals surface area contributed by atoms with Crippen molar-refractivity contribution in [2.75, 3.05) is 0 Å². The van der Waals surface area contributed by atoms with Gasteiger partial charge in [0.15, 0.2) is 4.77 Å². The first-order valence-corrected chi connectivity index (χ1v) is 8.99. The van der Waals surface area contributed by atoms with Crippen molar-refractivity contribution in [3.05, 3.63) is 101 Å². The molecule has 0 radical (unpaired) electrons. The molecule has 4 nitrogen and oxygen atoms in total. The minimum atomic E-state index is 0.0932. The van der Waals surface area contributed by atoms with Crippen LogP contribution in [-0.2, 0) is 6.61 Å². The Morgan fingerprint density at radius 2 is 1.41 bits per heavy atom. The summed E-state index contributed by atoms with van der Waals surface area (Å²) in [5, 5.41) is 10.3. The largest absolute Gasteiger partial charge is 0.493 e. The van der Waals surface area contributed by atoms with Gasteiger partial charge in [-0.15, -0.1) is 0 Å². The lowest BCUT2D eigenvalue weighted by Gasteiger charge is -2.08. The molecule has 27 heavy (non-hydrogen) atoms. The van der Waals surface area contributed by atoms with E-state index in [0.29, 0.717) is 11.4 Å². The maximum absolute atomic E-state index is 10.3. The van der Waals surface area contributed by atoms with Crippen molar-refractivity contribution < 1.29 is 9.84 Å². The minimum absolute atomic E-state index is 0.0932. The average Bonchev–Trinajstić information content (AvgIpc) is 3.02. The molecule has 5 heteroatoms. The number of hydrogen-bond donors (Lipinski definition) is 1. The van der Waals surface area contributed by atoms with E-state index in [1.807, 2.05) is 84.9 Å². The van der Waals surface area contributed by atoms with Crippen LogP contribution >= 0.6 is 12.2 Å². The van der Waals surface area contributed by atoms with Crippen LogP contribution in [0.4, 0.5) is 0 Å². The Morgan fingerprint density at radius 1 is 0.778 bits per heavy atom. The van der Waals surface area contributed by atoms with Crippen molar-refractivity contribution in [2.24, 2.45) is 0 Å². The molecule has 0 aliphatic rings. The van der Waals surface area contributed by atoms with Crippen molar-refractivity contribution in [3.8, 4) is 23.0 Å². The van der Waals surface area contributed by atoms with Gasteiger partial charge in [-0.25, -0.2) is 0 Å². The maximum atomic E-state index is 10.3. The fourth-order valence-corrected chi connectivity index (χ4v) is 3.24. The first kappa shape index (κ1) is 17.1. The molecular formula is C22H18N2O2S. The Balaban J connectivity index is 1.57. The topological polar surface area (TPSA) is 39.3 Å². The van der Waals surface area contributed by atoms with Crippen molar-refractivity contribution >= 4 is 12.2 Å². The lowest BCUT2D eigenvalue weighted by Crippen LogP contribution is -1.98.